The Labute approximate surface area is 290 Å². The third kappa shape index (κ3) is 7.28. The molecule has 0 unspecified atom stereocenters. The largest absolute Gasteiger partial charge is 0.486 e. The van der Waals surface area contributed by atoms with E-state index < -0.39 is 25.5 Å². The molecule has 7 rings (SSSR count). The molecule has 227 valence electrons. The van der Waals surface area contributed by atoms with Crippen LogP contribution in [0.5, 0.6) is 0 Å². The van der Waals surface area contributed by atoms with Crippen LogP contribution in [0.25, 0.3) is 44.6 Å². The molecule has 1 radical (unpaired) electrons. The molecule has 0 saturated carbocycles. The third-order valence-electron chi connectivity index (χ3n) is 7.06. The second-order valence-corrected chi connectivity index (χ2v) is 11.3. The Morgan fingerprint density at radius 3 is 2.33 bits per heavy atom. The van der Waals surface area contributed by atoms with Gasteiger partial charge in [-0.05, 0) is 64.9 Å². The maximum Gasteiger partial charge on any atom is 0.216 e. The molecule has 5 heteroatoms. The molecule has 0 aliphatic heterocycles. The van der Waals surface area contributed by atoms with E-state index in [1.54, 1.807) is 60.7 Å². The molecule has 3 aromatic carbocycles. The van der Waals surface area contributed by atoms with Crippen LogP contribution >= 0.6 is 0 Å². The molecule has 0 N–H and O–H groups in total. The molecular weight excluding hydrogens is 731 g/mol. The topological polar surface area (TPSA) is 51.8 Å². The van der Waals surface area contributed by atoms with Gasteiger partial charge in [0.2, 0.25) is 5.71 Å². The van der Waals surface area contributed by atoms with Gasteiger partial charge >= 0.3 is 0 Å². The zero-order valence-electron chi connectivity index (χ0n) is 33.0. The molecular formula is C40H35IrN3O-2. The van der Waals surface area contributed by atoms with Gasteiger partial charge in [0, 0.05) is 60.9 Å². The number of hydrogen-bond donors (Lipinski definition) is 0. The predicted octanol–water partition coefficient (Wildman–Crippen LogP) is 9.89. The maximum atomic E-state index is 8.65. The van der Waals surface area contributed by atoms with Crippen LogP contribution in [0.3, 0.4) is 0 Å². The molecule has 4 nitrogen and oxygen atoms in total. The van der Waals surface area contributed by atoms with Gasteiger partial charge in [0.25, 0.3) is 0 Å². The summed E-state index contributed by atoms with van der Waals surface area (Å²) in [6.07, 6.45) is 1.02. The summed E-state index contributed by atoms with van der Waals surface area (Å²) in [5.41, 5.74) is 5.10. The molecule has 0 aliphatic carbocycles. The minimum Gasteiger partial charge on any atom is -0.486 e. The fourth-order valence-electron chi connectivity index (χ4n) is 4.87. The van der Waals surface area contributed by atoms with E-state index in [1.807, 2.05) is 57.2 Å². The second kappa shape index (κ2) is 13.7. The van der Waals surface area contributed by atoms with Gasteiger partial charge in [-0.25, -0.2) is 4.98 Å². The minimum atomic E-state index is -2.28. The first-order valence-electron chi connectivity index (χ1n) is 18.2. The Hall–Kier alpha value is -4.44. The average molecular weight is 774 g/mol. The van der Waals surface area contributed by atoms with Gasteiger partial charge in [0.15, 0.2) is 0 Å². The Kier molecular flexibility index (Phi) is 6.99. The Morgan fingerprint density at radius 2 is 1.62 bits per heavy atom. The number of rotatable bonds is 4. The van der Waals surface area contributed by atoms with Crippen LogP contribution in [0.2, 0.25) is 0 Å². The maximum absolute atomic E-state index is 8.65. The van der Waals surface area contributed by atoms with Crippen molar-refractivity contribution in [2.45, 2.75) is 46.3 Å². The van der Waals surface area contributed by atoms with Gasteiger partial charge in [-0.1, -0.05) is 80.3 Å². The van der Waals surface area contributed by atoms with Crippen LogP contribution in [-0.4, -0.2) is 15.0 Å². The van der Waals surface area contributed by atoms with Crippen molar-refractivity contribution in [3.05, 3.63) is 150 Å². The number of benzene rings is 3. The zero-order chi connectivity index (χ0) is 37.5. The fraction of sp³-hybridized carbons (Fsp3) is 0.175. The number of nitrogens with zero attached hydrogens (tertiary/aromatic N) is 3. The van der Waals surface area contributed by atoms with Crippen LogP contribution in [0, 0.1) is 25.8 Å². The van der Waals surface area contributed by atoms with E-state index in [0.29, 0.717) is 33.7 Å². The van der Waals surface area contributed by atoms with Crippen LogP contribution in [0.4, 0.5) is 0 Å². The Bertz CT molecular complexity index is 2330. The third-order valence-corrected chi connectivity index (χ3v) is 7.06. The molecule has 7 aromatic rings. The van der Waals surface area contributed by atoms with Crippen molar-refractivity contribution in [3.8, 4) is 22.5 Å². The first kappa shape index (κ1) is 23.0. The summed E-state index contributed by atoms with van der Waals surface area (Å²) >= 11 is 0. The van der Waals surface area contributed by atoms with Crippen LogP contribution in [0.1, 0.15) is 59.7 Å². The van der Waals surface area contributed by atoms with Crippen molar-refractivity contribution in [1.29, 1.82) is 0 Å². The summed E-state index contributed by atoms with van der Waals surface area (Å²) in [6.45, 7) is 1.55. The van der Waals surface area contributed by atoms with E-state index in [1.165, 1.54) is 12.4 Å². The minimum absolute atomic E-state index is 0. The SMILES string of the molecule is [2H]C([2H])([2H])c1ccc(-c2[c-]cccc2)nc1.[2H]C([2H])([2H])c1cnc(-c2[c-]ccc3c2oc2nc(C([2H])([2H])c4ccccc4)ccc23)cc1C(C)(C)C.[Ir]. The molecule has 45 heavy (non-hydrogen) atoms. The number of aryl methyl sites for hydroxylation is 2. The van der Waals surface area contributed by atoms with Crippen LogP contribution in [0.15, 0.2) is 114 Å². The summed E-state index contributed by atoms with van der Waals surface area (Å²) in [5.74, 6) is 0. The van der Waals surface area contributed by atoms with Crippen LogP contribution in [-0.2, 0) is 31.9 Å². The molecule has 0 amide bonds. The first-order chi connectivity index (χ1) is 24.4. The van der Waals surface area contributed by atoms with Crippen molar-refractivity contribution in [2.75, 3.05) is 0 Å². The quantitative estimate of drug-likeness (QED) is 0.167. The van der Waals surface area contributed by atoms with Gasteiger partial charge < -0.3 is 14.4 Å². The summed E-state index contributed by atoms with van der Waals surface area (Å²) in [4.78, 5) is 13.1. The van der Waals surface area contributed by atoms with Crippen molar-refractivity contribution < 1.29 is 35.5 Å². The summed E-state index contributed by atoms with van der Waals surface area (Å²) in [7, 11) is 0. The van der Waals surface area contributed by atoms with Crippen LogP contribution < -0.4 is 0 Å². The smallest absolute Gasteiger partial charge is 0.216 e. The summed E-state index contributed by atoms with van der Waals surface area (Å²) < 4.78 is 69.0. The zero-order valence-corrected chi connectivity index (χ0v) is 27.4. The standard InChI is InChI=1S/C28H25N2O.C12H10N.Ir/c1-18-17-29-25(16-24(18)28(2,3)4)23-12-8-11-21-22-14-13-20(30-27(22)31-26(21)23)15-19-9-6-5-7-10-19;1-10-7-8-12(13-9-10)11-5-3-2-4-6-11;/h5-11,13-14,16-17H,15H2,1-4H3;2-5,7-9H,1H3;/q2*-1;/i1D3,15D2;1D3;. The number of fused-ring (bicyclic) bond motifs is 3. The van der Waals surface area contributed by atoms with Gasteiger partial charge in [-0.3, -0.25) is 0 Å². The molecule has 0 saturated heterocycles. The van der Waals surface area contributed by atoms with Gasteiger partial charge in [-0.15, -0.1) is 54.1 Å². The van der Waals surface area contributed by atoms with Crippen molar-refractivity contribution in [3.63, 3.8) is 0 Å². The number of furan rings is 1. The fourth-order valence-corrected chi connectivity index (χ4v) is 4.87. The van der Waals surface area contributed by atoms with E-state index in [0.717, 1.165) is 22.0 Å². The van der Waals surface area contributed by atoms with Gasteiger partial charge in [-0.2, -0.15) is 0 Å². The number of hydrogen-bond acceptors (Lipinski definition) is 4. The molecule has 0 bridgehead atoms. The normalized spacial score (nSPS) is 14.6. The molecule has 4 heterocycles. The number of aromatic nitrogens is 3. The predicted molar refractivity (Wildman–Crippen MR) is 180 cm³/mol. The average Bonchev–Trinajstić information content (AvgIpc) is 3.50. The van der Waals surface area contributed by atoms with Crippen molar-refractivity contribution in [2.24, 2.45) is 0 Å². The summed E-state index contributed by atoms with van der Waals surface area (Å²) in [6, 6.07) is 34.8. The first-order valence-corrected chi connectivity index (χ1v) is 14.2. The number of pyridine rings is 3. The second-order valence-electron chi connectivity index (χ2n) is 11.3. The van der Waals surface area contributed by atoms with Crippen molar-refractivity contribution in [1.82, 2.24) is 15.0 Å². The van der Waals surface area contributed by atoms with E-state index in [2.05, 4.69) is 27.1 Å². The van der Waals surface area contributed by atoms with E-state index in [4.69, 9.17) is 15.4 Å². The van der Waals surface area contributed by atoms with E-state index in [9.17, 15) is 0 Å². The molecule has 4 aromatic heterocycles. The monoisotopic (exact) mass is 774 g/mol. The van der Waals surface area contributed by atoms with E-state index >= 15 is 0 Å². The molecule has 0 spiro atoms. The molecule has 0 aliphatic rings. The van der Waals surface area contributed by atoms with Crippen molar-refractivity contribution >= 4 is 22.1 Å². The molecule has 0 fully saturated rings. The Morgan fingerprint density at radius 1 is 0.800 bits per heavy atom. The Balaban J connectivity index is 0.000000267. The summed E-state index contributed by atoms with van der Waals surface area (Å²) in [5, 5.41) is 1.56. The van der Waals surface area contributed by atoms with Gasteiger partial charge in [0.1, 0.15) is 0 Å². The molecule has 0 atom stereocenters. The van der Waals surface area contributed by atoms with E-state index in [-0.39, 0.29) is 36.9 Å². The van der Waals surface area contributed by atoms with Gasteiger partial charge in [0.05, 0.1) is 5.58 Å².